The fraction of sp³-hybridized carbons (Fsp3) is 0.500. The molecule has 1 fully saturated rings. The van der Waals surface area contributed by atoms with E-state index >= 15 is 0 Å². The lowest BCUT2D eigenvalue weighted by Crippen LogP contribution is -2.40. The fourth-order valence-corrected chi connectivity index (χ4v) is 2.84. The van der Waals surface area contributed by atoms with Gasteiger partial charge in [0.15, 0.2) is 0 Å². The summed E-state index contributed by atoms with van der Waals surface area (Å²) < 4.78 is 0. The van der Waals surface area contributed by atoms with Crippen LogP contribution in [0.3, 0.4) is 0 Å². The van der Waals surface area contributed by atoms with Gasteiger partial charge in [-0.2, -0.15) is 0 Å². The second-order valence-corrected chi connectivity index (χ2v) is 5.57. The standard InChI is InChI=1S/C14H17ClN2O3/c15-11-7-2-1-3-8-12(11)16-14(18)10-6-4-5-9-13(10)17(19)20/h4-6,9,11-12H,1-3,7-8H2,(H,16,18). The Morgan fingerprint density at radius 3 is 2.70 bits per heavy atom. The summed E-state index contributed by atoms with van der Waals surface area (Å²) in [4.78, 5) is 22.6. The third-order valence-electron chi connectivity index (χ3n) is 3.59. The van der Waals surface area contributed by atoms with E-state index in [1.165, 1.54) is 12.1 Å². The van der Waals surface area contributed by atoms with Crippen LogP contribution in [0.2, 0.25) is 0 Å². The van der Waals surface area contributed by atoms with E-state index in [-0.39, 0.29) is 22.7 Å². The van der Waals surface area contributed by atoms with Gasteiger partial charge < -0.3 is 5.32 Å². The van der Waals surface area contributed by atoms with Gasteiger partial charge >= 0.3 is 0 Å². The van der Waals surface area contributed by atoms with Crippen molar-refractivity contribution in [1.82, 2.24) is 5.32 Å². The van der Waals surface area contributed by atoms with Crippen molar-refractivity contribution in [3.63, 3.8) is 0 Å². The Hall–Kier alpha value is -1.62. The molecule has 0 radical (unpaired) electrons. The molecule has 1 aliphatic rings. The lowest BCUT2D eigenvalue weighted by molar-refractivity contribution is -0.385. The Balaban J connectivity index is 2.13. The molecule has 0 bridgehead atoms. The van der Waals surface area contributed by atoms with Crippen molar-refractivity contribution >= 4 is 23.2 Å². The number of nitro benzene ring substituents is 1. The summed E-state index contributed by atoms with van der Waals surface area (Å²) in [6, 6.07) is 5.84. The van der Waals surface area contributed by atoms with Gasteiger partial charge in [-0.25, -0.2) is 0 Å². The highest BCUT2D eigenvalue weighted by molar-refractivity contribution is 6.21. The molecule has 0 spiro atoms. The molecule has 2 atom stereocenters. The fourth-order valence-electron chi connectivity index (χ4n) is 2.50. The van der Waals surface area contributed by atoms with Gasteiger partial charge in [0.2, 0.25) is 0 Å². The highest BCUT2D eigenvalue weighted by Gasteiger charge is 2.26. The molecular weight excluding hydrogens is 280 g/mol. The van der Waals surface area contributed by atoms with Crippen LogP contribution in [-0.2, 0) is 0 Å². The van der Waals surface area contributed by atoms with Crippen LogP contribution in [0.15, 0.2) is 24.3 Å². The number of carbonyl (C=O) groups excluding carboxylic acids is 1. The Kier molecular flexibility index (Phi) is 4.95. The third-order valence-corrected chi connectivity index (χ3v) is 4.12. The number of para-hydroxylation sites is 1. The first-order valence-corrected chi connectivity index (χ1v) is 7.21. The minimum absolute atomic E-state index is 0.0885. The van der Waals surface area contributed by atoms with Crippen LogP contribution in [0.4, 0.5) is 5.69 Å². The first kappa shape index (κ1) is 14.8. The van der Waals surface area contributed by atoms with Crippen LogP contribution >= 0.6 is 11.6 Å². The summed E-state index contributed by atoms with van der Waals surface area (Å²) >= 11 is 6.27. The topological polar surface area (TPSA) is 72.2 Å². The van der Waals surface area contributed by atoms with Crippen LogP contribution in [0, 0.1) is 10.1 Å². The van der Waals surface area contributed by atoms with E-state index in [1.807, 2.05) is 0 Å². The Morgan fingerprint density at radius 2 is 1.95 bits per heavy atom. The molecule has 0 aromatic heterocycles. The number of hydrogen-bond donors (Lipinski definition) is 1. The van der Waals surface area contributed by atoms with Gasteiger partial charge in [0.25, 0.3) is 11.6 Å². The minimum Gasteiger partial charge on any atom is -0.348 e. The summed E-state index contributed by atoms with van der Waals surface area (Å²) in [7, 11) is 0. The van der Waals surface area contributed by atoms with Gasteiger partial charge in [-0.15, -0.1) is 11.6 Å². The highest BCUT2D eigenvalue weighted by atomic mass is 35.5. The van der Waals surface area contributed by atoms with Crippen LogP contribution in [0.25, 0.3) is 0 Å². The Morgan fingerprint density at radius 1 is 1.25 bits per heavy atom. The van der Waals surface area contributed by atoms with Gasteiger partial charge in [0.1, 0.15) is 5.56 Å². The van der Waals surface area contributed by atoms with Crippen molar-refractivity contribution < 1.29 is 9.72 Å². The van der Waals surface area contributed by atoms with Crippen LogP contribution in [0.1, 0.15) is 42.5 Å². The quantitative estimate of drug-likeness (QED) is 0.403. The smallest absolute Gasteiger partial charge is 0.282 e. The molecular formula is C14H17ClN2O3. The van der Waals surface area contributed by atoms with E-state index < -0.39 is 10.8 Å². The first-order valence-electron chi connectivity index (χ1n) is 6.78. The molecule has 2 unspecified atom stereocenters. The van der Waals surface area contributed by atoms with E-state index in [0.717, 1.165) is 32.1 Å². The molecule has 5 nitrogen and oxygen atoms in total. The predicted molar refractivity (Wildman–Crippen MR) is 77.1 cm³/mol. The number of rotatable bonds is 3. The lowest BCUT2D eigenvalue weighted by Gasteiger charge is -2.21. The van der Waals surface area contributed by atoms with Crippen molar-refractivity contribution in [2.75, 3.05) is 0 Å². The highest BCUT2D eigenvalue weighted by Crippen LogP contribution is 2.24. The molecule has 1 aromatic rings. The SMILES string of the molecule is O=C(NC1CCCCCC1Cl)c1ccccc1[N+](=O)[O-]. The minimum atomic E-state index is -0.541. The van der Waals surface area contributed by atoms with E-state index in [9.17, 15) is 14.9 Å². The van der Waals surface area contributed by atoms with Gasteiger partial charge in [-0.1, -0.05) is 31.4 Å². The van der Waals surface area contributed by atoms with Gasteiger partial charge in [0.05, 0.1) is 10.3 Å². The first-order chi connectivity index (χ1) is 9.59. The molecule has 0 heterocycles. The Bertz CT molecular complexity index is 507. The largest absolute Gasteiger partial charge is 0.348 e. The van der Waals surface area contributed by atoms with E-state index in [0.29, 0.717) is 0 Å². The van der Waals surface area contributed by atoms with Gasteiger partial charge in [0, 0.05) is 12.1 Å². The molecule has 0 aliphatic heterocycles. The lowest BCUT2D eigenvalue weighted by atomic mass is 10.1. The molecule has 108 valence electrons. The normalized spacial score (nSPS) is 22.9. The third kappa shape index (κ3) is 3.48. The van der Waals surface area contributed by atoms with E-state index in [4.69, 9.17) is 11.6 Å². The zero-order valence-electron chi connectivity index (χ0n) is 11.0. The van der Waals surface area contributed by atoms with Crippen LogP contribution in [0.5, 0.6) is 0 Å². The molecule has 2 rings (SSSR count). The number of nitrogens with zero attached hydrogens (tertiary/aromatic N) is 1. The number of nitro groups is 1. The number of halogens is 1. The summed E-state index contributed by atoms with van der Waals surface area (Å²) in [5.74, 6) is -0.421. The number of nitrogens with one attached hydrogen (secondary N) is 1. The number of hydrogen-bond acceptors (Lipinski definition) is 3. The van der Waals surface area contributed by atoms with Gasteiger partial charge in [-0.3, -0.25) is 14.9 Å². The zero-order chi connectivity index (χ0) is 14.5. The molecule has 6 heteroatoms. The van der Waals surface area contributed by atoms with Gasteiger partial charge in [-0.05, 0) is 18.9 Å². The van der Waals surface area contributed by atoms with Crippen LogP contribution < -0.4 is 5.32 Å². The number of benzene rings is 1. The average Bonchev–Trinajstić information content (AvgIpc) is 2.64. The molecule has 1 saturated carbocycles. The molecule has 1 amide bonds. The van der Waals surface area contributed by atoms with E-state index in [1.54, 1.807) is 12.1 Å². The summed E-state index contributed by atoms with van der Waals surface area (Å²) in [5, 5.41) is 13.7. The molecule has 20 heavy (non-hydrogen) atoms. The molecule has 1 aromatic carbocycles. The second-order valence-electron chi connectivity index (χ2n) is 5.01. The monoisotopic (exact) mass is 296 g/mol. The predicted octanol–water partition coefficient (Wildman–Crippen LogP) is 3.26. The maximum absolute atomic E-state index is 12.2. The number of alkyl halides is 1. The van der Waals surface area contributed by atoms with Crippen molar-refractivity contribution in [1.29, 1.82) is 0 Å². The number of carbonyl (C=O) groups is 1. The average molecular weight is 297 g/mol. The van der Waals surface area contributed by atoms with Crippen molar-refractivity contribution in [2.24, 2.45) is 0 Å². The van der Waals surface area contributed by atoms with Crippen molar-refractivity contribution in [2.45, 2.75) is 43.5 Å². The molecule has 0 saturated heterocycles. The maximum atomic E-state index is 12.2. The zero-order valence-corrected chi connectivity index (χ0v) is 11.8. The molecule has 1 N–H and O–H groups in total. The summed E-state index contributed by atoms with van der Waals surface area (Å²) in [6.45, 7) is 0. The Labute approximate surface area is 122 Å². The second kappa shape index (κ2) is 6.70. The van der Waals surface area contributed by atoms with Crippen molar-refractivity contribution in [3.8, 4) is 0 Å². The van der Waals surface area contributed by atoms with E-state index in [2.05, 4.69) is 5.32 Å². The summed E-state index contributed by atoms with van der Waals surface area (Å²) in [5.41, 5.74) is -0.0876. The summed E-state index contributed by atoms with van der Waals surface area (Å²) in [6.07, 6.45) is 4.88. The number of amides is 1. The van der Waals surface area contributed by atoms with Crippen LogP contribution in [-0.4, -0.2) is 22.2 Å². The van der Waals surface area contributed by atoms with Crippen molar-refractivity contribution in [3.05, 3.63) is 39.9 Å². The maximum Gasteiger partial charge on any atom is 0.282 e. The molecule has 1 aliphatic carbocycles.